The smallest absolute Gasteiger partial charge is 0.275 e. The van der Waals surface area contributed by atoms with Gasteiger partial charge >= 0.3 is 0 Å². The molecule has 0 atom stereocenters. The van der Waals surface area contributed by atoms with Gasteiger partial charge in [0, 0.05) is 42.3 Å². The molecule has 0 fully saturated rings. The first-order valence-corrected chi connectivity index (χ1v) is 7.70. The van der Waals surface area contributed by atoms with E-state index >= 15 is 0 Å². The van der Waals surface area contributed by atoms with Gasteiger partial charge in [0.15, 0.2) is 0 Å². The molecular formula is C18H15N3O3. The first kappa shape index (κ1) is 14.4. The molecule has 120 valence electrons. The predicted octanol–water partition coefficient (Wildman–Crippen LogP) is 3.29. The molecule has 0 radical (unpaired) electrons. The molecule has 2 heterocycles. The molecular weight excluding hydrogens is 306 g/mol. The van der Waals surface area contributed by atoms with Crippen LogP contribution in [0.3, 0.4) is 0 Å². The van der Waals surface area contributed by atoms with Gasteiger partial charge in [-0.1, -0.05) is 18.2 Å². The van der Waals surface area contributed by atoms with Crippen molar-refractivity contribution in [2.45, 2.75) is 6.42 Å². The minimum Gasteiger partial charge on any atom is -0.339 e. The third kappa shape index (κ3) is 2.00. The van der Waals surface area contributed by atoms with Crippen LogP contribution in [-0.2, 0) is 13.5 Å². The summed E-state index contributed by atoms with van der Waals surface area (Å²) in [7, 11) is 1.83. The van der Waals surface area contributed by atoms with Crippen LogP contribution in [0.2, 0.25) is 0 Å². The molecule has 0 N–H and O–H groups in total. The quantitative estimate of drug-likeness (QED) is 0.537. The zero-order valence-electron chi connectivity index (χ0n) is 13.1. The summed E-state index contributed by atoms with van der Waals surface area (Å²) in [5.41, 5.74) is 3.26. The van der Waals surface area contributed by atoms with Crippen molar-refractivity contribution in [3.8, 4) is 0 Å². The summed E-state index contributed by atoms with van der Waals surface area (Å²) in [4.78, 5) is 25.4. The number of hydrogen-bond acceptors (Lipinski definition) is 3. The van der Waals surface area contributed by atoms with Crippen LogP contribution < -0.4 is 4.90 Å². The number of carbonyl (C=O) groups is 1. The second-order valence-corrected chi connectivity index (χ2v) is 5.89. The van der Waals surface area contributed by atoms with Crippen molar-refractivity contribution < 1.29 is 9.72 Å². The molecule has 1 aromatic heterocycles. The molecule has 0 aliphatic carbocycles. The molecule has 0 unspecified atom stereocenters. The van der Waals surface area contributed by atoms with E-state index < -0.39 is 4.92 Å². The van der Waals surface area contributed by atoms with Crippen LogP contribution in [0.5, 0.6) is 0 Å². The molecule has 0 saturated heterocycles. The van der Waals surface area contributed by atoms with E-state index in [1.54, 1.807) is 17.0 Å². The minimum atomic E-state index is -0.403. The van der Waals surface area contributed by atoms with E-state index in [-0.39, 0.29) is 11.6 Å². The molecule has 3 aromatic rings. The summed E-state index contributed by atoms with van der Waals surface area (Å²) >= 11 is 0. The lowest BCUT2D eigenvalue weighted by atomic mass is 10.0. The zero-order valence-corrected chi connectivity index (χ0v) is 13.1. The topological polar surface area (TPSA) is 68.4 Å². The Kier molecular flexibility index (Phi) is 3.13. The fraction of sp³-hybridized carbons (Fsp3) is 0.167. The van der Waals surface area contributed by atoms with Crippen LogP contribution in [0.1, 0.15) is 16.1 Å². The summed E-state index contributed by atoms with van der Waals surface area (Å²) < 4.78 is 1.84. The number of aromatic nitrogens is 1. The first-order chi connectivity index (χ1) is 11.6. The van der Waals surface area contributed by atoms with Crippen LogP contribution in [0.25, 0.3) is 10.9 Å². The molecule has 0 saturated carbocycles. The minimum absolute atomic E-state index is 0.0498. The number of nitro benzene ring substituents is 1. The van der Waals surface area contributed by atoms with Gasteiger partial charge < -0.3 is 9.47 Å². The Morgan fingerprint density at radius 3 is 2.58 bits per heavy atom. The molecule has 4 rings (SSSR count). The first-order valence-electron chi connectivity index (χ1n) is 7.70. The van der Waals surface area contributed by atoms with E-state index in [1.807, 2.05) is 41.9 Å². The second-order valence-electron chi connectivity index (χ2n) is 5.89. The Labute approximate surface area is 138 Å². The number of hydrogen-bond donors (Lipinski definition) is 0. The Morgan fingerprint density at radius 2 is 1.88 bits per heavy atom. The average Bonchev–Trinajstić information content (AvgIpc) is 2.89. The lowest BCUT2D eigenvalue weighted by molar-refractivity contribution is -0.384. The summed E-state index contributed by atoms with van der Waals surface area (Å²) in [6.45, 7) is 0.567. The Bertz CT molecular complexity index is 976. The fourth-order valence-electron chi connectivity index (χ4n) is 3.46. The SMILES string of the molecule is Cn1c2c(c3cc([N+](=O)[O-])ccc31)CCN(c1ccccc1)C2=O. The predicted molar refractivity (Wildman–Crippen MR) is 91.4 cm³/mol. The molecule has 6 nitrogen and oxygen atoms in total. The van der Waals surface area contributed by atoms with Crippen LogP contribution in [0.15, 0.2) is 48.5 Å². The van der Waals surface area contributed by atoms with E-state index in [4.69, 9.17) is 0 Å². The van der Waals surface area contributed by atoms with Crippen molar-refractivity contribution >= 4 is 28.2 Å². The van der Waals surface area contributed by atoms with Gasteiger partial charge in [-0.25, -0.2) is 0 Å². The van der Waals surface area contributed by atoms with Crippen LogP contribution in [0.4, 0.5) is 11.4 Å². The molecule has 6 heteroatoms. The third-order valence-corrected chi connectivity index (χ3v) is 4.60. The van der Waals surface area contributed by atoms with E-state index in [9.17, 15) is 14.9 Å². The van der Waals surface area contributed by atoms with Gasteiger partial charge in [0.05, 0.1) is 4.92 Å². The van der Waals surface area contributed by atoms with E-state index in [2.05, 4.69) is 0 Å². The number of non-ortho nitro benzene ring substituents is 1. The summed E-state index contributed by atoms with van der Waals surface area (Å²) in [6, 6.07) is 14.3. The number of amides is 1. The highest BCUT2D eigenvalue weighted by Crippen LogP contribution is 2.33. The highest BCUT2D eigenvalue weighted by Gasteiger charge is 2.31. The fourth-order valence-corrected chi connectivity index (χ4v) is 3.46. The Morgan fingerprint density at radius 1 is 1.12 bits per heavy atom. The second kappa shape index (κ2) is 5.19. The zero-order chi connectivity index (χ0) is 16.8. The highest BCUT2D eigenvalue weighted by molar-refractivity contribution is 6.11. The molecule has 2 aromatic carbocycles. The summed E-state index contributed by atoms with van der Waals surface area (Å²) in [5.74, 6) is -0.0659. The van der Waals surface area contributed by atoms with Crippen molar-refractivity contribution in [2.24, 2.45) is 7.05 Å². The maximum atomic E-state index is 13.0. The number of para-hydroxylation sites is 1. The van der Waals surface area contributed by atoms with Gasteiger partial charge in [-0.05, 0) is 30.2 Å². The number of carbonyl (C=O) groups excluding carboxylic acids is 1. The lowest BCUT2D eigenvalue weighted by Gasteiger charge is -2.27. The van der Waals surface area contributed by atoms with Gasteiger partial charge in [-0.2, -0.15) is 0 Å². The van der Waals surface area contributed by atoms with Crippen LogP contribution in [-0.4, -0.2) is 21.9 Å². The van der Waals surface area contributed by atoms with Crippen molar-refractivity contribution in [3.63, 3.8) is 0 Å². The van der Waals surface area contributed by atoms with Crippen molar-refractivity contribution in [1.82, 2.24) is 4.57 Å². The Hall–Kier alpha value is -3.15. The maximum Gasteiger partial charge on any atom is 0.275 e. The largest absolute Gasteiger partial charge is 0.339 e. The number of aryl methyl sites for hydroxylation is 1. The molecule has 1 aliphatic heterocycles. The number of anilines is 1. The van der Waals surface area contributed by atoms with E-state index in [0.717, 1.165) is 22.2 Å². The number of benzene rings is 2. The third-order valence-electron chi connectivity index (χ3n) is 4.60. The maximum absolute atomic E-state index is 13.0. The van der Waals surface area contributed by atoms with Crippen LogP contribution in [0, 0.1) is 10.1 Å². The van der Waals surface area contributed by atoms with Gasteiger partial charge in [0.25, 0.3) is 11.6 Å². The standard InChI is InChI=1S/C18H15N3O3/c1-19-16-8-7-13(21(23)24)11-15(16)14-9-10-20(18(22)17(14)19)12-5-3-2-4-6-12/h2-8,11H,9-10H2,1H3. The number of fused-ring (bicyclic) bond motifs is 3. The van der Waals surface area contributed by atoms with E-state index in [0.29, 0.717) is 18.7 Å². The average molecular weight is 321 g/mol. The molecule has 1 amide bonds. The number of nitrogens with zero attached hydrogens (tertiary/aromatic N) is 3. The van der Waals surface area contributed by atoms with E-state index in [1.165, 1.54) is 6.07 Å². The Balaban J connectivity index is 1.88. The van der Waals surface area contributed by atoms with Gasteiger partial charge in [0.1, 0.15) is 5.69 Å². The van der Waals surface area contributed by atoms with Crippen molar-refractivity contribution in [3.05, 3.63) is 69.9 Å². The summed E-state index contributed by atoms with van der Waals surface area (Å²) in [6.07, 6.45) is 0.675. The molecule has 0 spiro atoms. The number of rotatable bonds is 2. The van der Waals surface area contributed by atoms with Crippen molar-refractivity contribution in [1.29, 1.82) is 0 Å². The molecule has 0 bridgehead atoms. The van der Waals surface area contributed by atoms with Crippen LogP contribution >= 0.6 is 0 Å². The van der Waals surface area contributed by atoms with Gasteiger partial charge in [-0.3, -0.25) is 14.9 Å². The molecule has 24 heavy (non-hydrogen) atoms. The number of nitro groups is 1. The molecule has 1 aliphatic rings. The summed E-state index contributed by atoms with van der Waals surface area (Å²) in [5, 5.41) is 11.8. The monoisotopic (exact) mass is 321 g/mol. The lowest BCUT2D eigenvalue weighted by Crippen LogP contribution is -2.38. The van der Waals surface area contributed by atoms with Crippen molar-refractivity contribution in [2.75, 3.05) is 11.4 Å². The van der Waals surface area contributed by atoms with Gasteiger partial charge in [-0.15, -0.1) is 0 Å². The normalized spacial score (nSPS) is 14.0. The van der Waals surface area contributed by atoms with Gasteiger partial charge in [0.2, 0.25) is 0 Å². The highest BCUT2D eigenvalue weighted by atomic mass is 16.6.